The summed E-state index contributed by atoms with van der Waals surface area (Å²) in [5.41, 5.74) is 7.25. The van der Waals surface area contributed by atoms with E-state index in [0.717, 1.165) is 11.2 Å². The van der Waals surface area contributed by atoms with Gasteiger partial charge in [0.15, 0.2) is 5.69 Å². The number of hydrogen-bond donors (Lipinski definition) is 0. The van der Waals surface area contributed by atoms with Crippen molar-refractivity contribution in [3.8, 4) is 0 Å². The molecular formula is C13H17N2+. The molecule has 0 saturated carbocycles. The van der Waals surface area contributed by atoms with Gasteiger partial charge in [0.05, 0.1) is 0 Å². The molecule has 1 aromatic heterocycles. The number of nitrogens with zero attached hydrogens (tertiary/aromatic N) is 2. The molecule has 15 heavy (non-hydrogen) atoms. The molecule has 1 aromatic carbocycles. The van der Waals surface area contributed by atoms with E-state index in [9.17, 15) is 0 Å². The molecule has 0 radical (unpaired) electrons. The Labute approximate surface area is 90.6 Å². The molecule has 0 atom stereocenters. The second kappa shape index (κ2) is 3.30. The van der Waals surface area contributed by atoms with E-state index < -0.39 is 0 Å². The molecule has 0 amide bonds. The minimum atomic E-state index is 1.09. The Morgan fingerprint density at radius 2 is 1.60 bits per heavy atom. The third-order valence-corrected chi connectivity index (χ3v) is 3.27. The maximum atomic E-state index is 4.62. The van der Waals surface area contributed by atoms with Crippen molar-refractivity contribution in [3.05, 3.63) is 34.6 Å². The highest BCUT2D eigenvalue weighted by Crippen LogP contribution is 2.15. The van der Waals surface area contributed by atoms with Gasteiger partial charge in [0.2, 0.25) is 5.52 Å². The topological polar surface area (TPSA) is 16.8 Å². The van der Waals surface area contributed by atoms with E-state index in [0.29, 0.717) is 0 Å². The number of rotatable bonds is 0. The molecule has 0 saturated heterocycles. The van der Waals surface area contributed by atoms with Crippen LogP contribution in [-0.2, 0) is 7.05 Å². The van der Waals surface area contributed by atoms with E-state index in [1.54, 1.807) is 0 Å². The lowest BCUT2D eigenvalue weighted by atomic mass is 10.1. The van der Waals surface area contributed by atoms with E-state index in [4.69, 9.17) is 0 Å². The first-order valence-corrected chi connectivity index (χ1v) is 5.25. The fraction of sp³-hybridized carbons (Fsp3) is 0.385. The molecule has 0 aliphatic heterocycles. The Balaban J connectivity index is 2.93. The third-order valence-electron chi connectivity index (χ3n) is 3.27. The van der Waals surface area contributed by atoms with Gasteiger partial charge < -0.3 is 0 Å². The first-order chi connectivity index (χ1) is 7.00. The summed E-state index contributed by atoms with van der Waals surface area (Å²) in [6.45, 7) is 8.44. The van der Waals surface area contributed by atoms with Crippen molar-refractivity contribution in [1.82, 2.24) is 4.98 Å². The maximum absolute atomic E-state index is 4.62. The largest absolute Gasteiger partial charge is 0.240 e. The lowest BCUT2D eigenvalue weighted by molar-refractivity contribution is -0.652. The fourth-order valence-corrected chi connectivity index (χ4v) is 1.83. The Kier molecular flexibility index (Phi) is 2.22. The first kappa shape index (κ1) is 10.1. The van der Waals surface area contributed by atoms with Gasteiger partial charge in [-0.15, -0.1) is 0 Å². The minimum absolute atomic E-state index is 1.09. The van der Waals surface area contributed by atoms with Crippen molar-refractivity contribution < 1.29 is 4.57 Å². The van der Waals surface area contributed by atoms with Gasteiger partial charge in [-0.25, -0.2) is 4.98 Å². The summed E-state index contributed by atoms with van der Waals surface area (Å²) < 4.78 is 2.21. The van der Waals surface area contributed by atoms with Crippen LogP contribution in [0.1, 0.15) is 22.5 Å². The SMILES string of the molecule is Cc1cc2nc(C)c(C)[n+](C)c2cc1C. The van der Waals surface area contributed by atoms with Gasteiger partial charge in [0.1, 0.15) is 18.3 Å². The van der Waals surface area contributed by atoms with Crippen LogP contribution in [0, 0.1) is 27.7 Å². The summed E-state index contributed by atoms with van der Waals surface area (Å²) in [5, 5.41) is 0. The van der Waals surface area contributed by atoms with Crippen LogP contribution in [0.5, 0.6) is 0 Å². The van der Waals surface area contributed by atoms with Crippen LogP contribution in [0.4, 0.5) is 0 Å². The number of aryl methyl sites for hydroxylation is 4. The van der Waals surface area contributed by atoms with E-state index in [1.165, 1.54) is 22.3 Å². The second-order valence-electron chi connectivity index (χ2n) is 4.27. The van der Waals surface area contributed by atoms with Gasteiger partial charge in [-0.2, -0.15) is 4.57 Å². The van der Waals surface area contributed by atoms with Crippen LogP contribution < -0.4 is 4.57 Å². The smallest absolute Gasteiger partial charge is 0.231 e. The molecule has 0 fully saturated rings. The summed E-state index contributed by atoms with van der Waals surface area (Å²) in [6.07, 6.45) is 0. The van der Waals surface area contributed by atoms with Gasteiger partial charge >= 0.3 is 0 Å². The van der Waals surface area contributed by atoms with Gasteiger partial charge in [0, 0.05) is 13.0 Å². The van der Waals surface area contributed by atoms with Crippen molar-refractivity contribution in [3.63, 3.8) is 0 Å². The Bertz CT molecular complexity index is 537. The average molecular weight is 201 g/mol. The van der Waals surface area contributed by atoms with Crippen molar-refractivity contribution in [1.29, 1.82) is 0 Å². The highest BCUT2D eigenvalue weighted by atomic mass is 15.0. The van der Waals surface area contributed by atoms with Crippen molar-refractivity contribution >= 4 is 11.0 Å². The molecule has 0 spiro atoms. The van der Waals surface area contributed by atoms with Crippen molar-refractivity contribution in [2.45, 2.75) is 27.7 Å². The quantitative estimate of drug-likeness (QED) is 0.598. The van der Waals surface area contributed by atoms with Gasteiger partial charge in [0.25, 0.3) is 0 Å². The second-order valence-corrected chi connectivity index (χ2v) is 4.27. The summed E-state index contributed by atoms with van der Waals surface area (Å²) >= 11 is 0. The van der Waals surface area contributed by atoms with Crippen LogP contribution in [0.2, 0.25) is 0 Å². The van der Waals surface area contributed by atoms with Crippen LogP contribution in [-0.4, -0.2) is 4.98 Å². The molecule has 0 aliphatic rings. The number of fused-ring (bicyclic) bond motifs is 1. The van der Waals surface area contributed by atoms with Crippen molar-refractivity contribution in [2.24, 2.45) is 7.05 Å². The third kappa shape index (κ3) is 1.50. The predicted octanol–water partition coefficient (Wildman–Crippen LogP) is 2.29. The molecule has 0 unspecified atom stereocenters. The summed E-state index contributed by atoms with van der Waals surface area (Å²) in [5.74, 6) is 0. The molecule has 2 aromatic rings. The zero-order valence-electron chi connectivity index (χ0n) is 10.0. The maximum Gasteiger partial charge on any atom is 0.231 e. The molecule has 2 rings (SSSR count). The van der Waals surface area contributed by atoms with E-state index in [2.05, 4.69) is 56.4 Å². The zero-order valence-corrected chi connectivity index (χ0v) is 10.0. The molecule has 1 heterocycles. The minimum Gasteiger partial charge on any atom is -0.240 e. The molecular weight excluding hydrogens is 184 g/mol. The summed E-state index contributed by atoms with van der Waals surface area (Å²) in [7, 11) is 2.10. The van der Waals surface area contributed by atoms with E-state index >= 15 is 0 Å². The number of benzene rings is 1. The molecule has 78 valence electrons. The van der Waals surface area contributed by atoms with Gasteiger partial charge in [-0.1, -0.05) is 0 Å². The highest BCUT2D eigenvalue weighted by Gasteiger charge is 2.13. The molecule has 0 aliphatic carbocycles. The van der Waals surface area contributed by atoms with E-state index in [-0.39, 0.29) is 0 Å². The van der Waals surface area contributed by atoms with Crippen LogP contribution in [0.25, 0.3) is 11.0 Å². The zero-order chi connectivity index (χ0) is 11.2. The van der Waals surface area contributed by atoms with Gasteiger partial charge in [-0.05, 0) is 38.0 Å². The normalized spacial score (nSPS) is 11.0. The van der Waals surface area contributed by atoms with Crippen LogP contribution >= 0.6 is 0 Å². The Morgan fingerprint density at radius 3 is 2.27 bits per heavy atom. The highest BCUT2D eigenvalue weighted by molar-refractivity contribution is 5.73. The summed E-state index contributed by atoms with van der Waals surface area (Å²) in [6, 6.07) is 4.38. The predicted molar refractivity (Wildman–Crippen MR) is 61.9 cm³/mol. The van der Waals surface area contributed by atoms with Gasteiger partial charge in [-0.3, -0.25) is 0 Å². The monoisotopic (exact) mass is 201 g/mol. The molecule has 0 N–H and O–H groups in total. The standard InChI is InChI=1S/C13H17N2/c1-8-6-12-13(7-9(8)2)15(5)11(4)10(3)14-12/h6-7H,1-5H3/q+1. The number of aromatic nitrogens is 2. The van der Waals surface area contributed by atoms with Crippen LogP contribution in [0.3, 0.4) is 0 Å². The summed E-state index contributed by atoms with van der Waals surface area (Å²) in [4.78, 5) is 4.62. The van der Waals surface area contributed by atoms with E-state index in [1.807, 2.05) is 0 Å². The fourth-order valence-electron chi connectivity index (χ4n) is 1.83. The van der Waals surface area contributed by atoms with Crippen molar-refractivity contribution in [2.75, 3.05) is 0 Å². The molecule has 2 nitrogen and oxygen atoms in total. The average Bonchev–Trinajstić information content (AvgIpc) is 2.19. The Morgan fingerprint density at radius 1 is 1.00 bits per heavy atom. The number of hydrogen-bond acceptors (Lipinski definition) is 1. The molecule has 2 heteroatoms. The van der Waals surface area contributed by atoms with Crippen LogP contribution in [0.15, 0.2) is 12.1 Å². The lowest BCUT2D eigenvalue weighted by Crippen LogP contribution is -2.34. The molecule has 0 bridgehead atoms. The first-order valence-electron chi connectivity index (χ1n) is 5.25. The lowest BCUT2D eigenvalue weighted by Gasteiger charge is -2.05. The Hall–Kier alpha value is -1.44.